The third kappa shape index (κ3) is 3.62. The maximum Gasteiger partial charge on any atom is 0.225 e. The van der Waals surface area contributed by atoms with Gasteiger partial charge in [0.1, 0.15) is 0 Å². The minimum Gasteiger partial charge on any atom is -0.324 e. The minimum absolute atomic E-state index is 0.0199. The molecule has 1 aromatic heterocycles. The van der Waals surface area contributed by atoms with Crippen LogP contribution in [0, 0.1) is 0 Å². The second kappa shape index (κ2) is 6.65. The van der Waals surface area contributed by atoms with E-state index in [1.54, 1.807) is 17.1 Å². The smallest absolute Gasteiger partial charge is 0.225 e. The number of benzene rings is 1. The molecule has 6 nitrogen and oxygen atoms in total. The van der Waals surface area contributed by atoms with Crippen LogP contribution in [-0.4, -0.2) is 34.0 Å². The lowest BCUT2D eigenvalue weighted by Crippen LogP contribution is -2.21. The van der Waals surface area contributed by atoms with Gasteiger partial charge in [0.25, 0.3) is 0 Å². The minimum atomic E-state index is -0.0199. The van der Waals surface area contributed by atoms with E-state index in [-0.39, 0.29) is 5.91 Å². The van der Waals surface area contributed by atoms with Crippen molar-refractivity contribution >= 4 is 11.6 Å². The van der Waals surface area contributed by atoms with E-state index < -0.39 is 0 Å². The number of rotatable bonds is 6. The maximum absolute atomic E-state index is 11.8. The first-order valence-electron chi connectivity index (χ1n) is 6.27. The van der Waals surface area contributed by atoms with Crippen LogP contribution in [0.1, 0.15) is 13.3 Å². The molecule has 0 fully saturated rings. The van der Waals surface area contributed by atoms with Crippen molar-refractivity contribution in [1.29, 1.82) is 0 Å². The average molecular weight is 259 g/mol. The van der Waals surface area contributed by atoms with Crippen molar-refractivity contribution < 1.29 is 4.79 Å². The van der Waals surface area contributed by atoms with Crippen LogP contribution in [0.25, 0.3) is 5.69 Å². The summed E-state index contributed by atoms with van der Waals surface area (Å²) in [6, 6.07) is 7.50. The van der Waals surface area contributed by atoms with E-state index >= 15 is 0 Å². The molecule has 2 N–H and O–H groups in total. The highest BCUT2D eigenvalue weighted by molar-refractivity contribution is 5.92. The summed E-state index contributed by atoms with van der Waals surface area (Å²) in [6.07, 6.45) is 3.78. The largest absolute Gasteiger partial charge is 0.324 e. The van der Waals surface area contributed by atoms with Gasteiger partial charge >= 0.3 is 0 Å². The Morgan fingerprint density at radius 3 is 2.95 bits per heavy atom. The van der Waals surface area contributed by atoms with E-state index in [0.717, 1.165) is 17.9 Å². The van der Waals surface area contributed by atoms with E-state index in [1.807, 2.05) is 31.2 Å². The van der Waals surface area contributed by atoms with E-state index in [9.17, 15) is 4.79 Å². The first-order valence-corrected chi connectivity index (χ1v) is 6.27. The first kappa shape index (κ1) is 13.2. The van der Waals surface area contributed by atoms with E-state index in [2.05, 4.69) is 20.9 Å². The van der Waals surface area contributed by atoms with Crippen molar-refractivity contribution in [2.75, 3.05) is 18.4 Å². The Balaban J connectivity index is 2.06. The van der Waals surface area contributed by atoms with Crippen molar-refractivity contribution in [2.45, 2.75) is 13.3 Å². The predicted molar refractivity (Wildman–Crippen MR) is 73.1 cm³/mol. The number of carbonyl (C=O) groups is 1. The summed E-state index contributed by atoms with van der Waals surface area (Å²) < 4.78 is 1.62. The molecule has 19 heavy (non-hydrogen) atoms. The molecule has 100 valence electrons. The zero-order valence-corrected chi connectivity index (χ0v) is 10.8. The summed E-state index contributed by atoms with van der Waals surface area (Å²) in [5.74, 6) is -0.0199. The lowest BCUT2D eigenvalue weighted by molar-refractivity contribution is -0.116. The molecule has 0 aliphatic rings. The van der Waals surface area contributed by atoms with Gasteiger partial charge in [0.2, 0.25) is 5.91 Å². The number of hydrogen-bond donors (Lipinski definition) is 2. The summed E-state index contributed by atoms with van der Waals surface area (Å²) in [4.78, 5) is 11.8. The SMILES string of the molecule is CCNCCC(=O)Nc1ccccc1-n1ccnn1. The number of aromatic nitrogens is 3. The van der Waals surface area contributed by atoms with Gasteiger partial charge in [-0.15, -0.1) is 5.10 Å². The van der Waals surface area contributed by atoms with Crippen LogP contribution in [0.3, 0.4) is 0 Å². The van der Waals surface area contributed by atoms with Gasteiger partial charge in [-0.1, -0.05) is 24.3 Å². The van der Waals surface area contributed by atoms with Gasteiger partial charge in [0.05, 0.1) is 23.8 Å². The van der Waals surface area contributed by atoms with Crippen LogP contribution in [0.5, 0.6) is 0 Å². The number of anilines is 1. The second-order valence-electron chi connectivity index (χ2n) is 4.02. The quantitative estimate of drug-likeness (QED) is 0.765. The zero-order chi connectivity index (χ0) is 13.5. The Bertz CT molecular complexity index is 524. The van der Waals surface area contributed by atoms with Crippen LogP contribution in [0.15, 0.2) is 36.7 Å². The maximum atomic E-state index is 11.8. The summed E-state index contributed by atoms with van der Waals surface area (Å²) >= 11 is 0. The first-order chi connectivity index (χ1) is 9.31. The topological polar surface area (TPSA) is 71.8 Å². The average Bonchev–Trinajstić information content (AvgIpc) is 2.93. The molecule has 2 aromatic rings. The van der Waals surface area contributed by atoms with Crippen molar-refractivity contribution in [3.8, 4) is 5.69 Å². The number of amides is 1. The molecule has 2 rings (SSSR count). The van der Waals surface area contributed by atoms with Crippen LogP contribution in [0.2, 0.25) is 0 Å². The Hall–Kier alpha value is -2.21. The lowest BCUT2D eigenvalue weighted by Gasteiger charge is -2.10. The molecule has 0 unspecified atom stereocenters. The number of nitrogens with zero attached hydrogens (tertiary/aromatic N) is 3. The lowest BCUT2D eigenvalue weighted by atomic mass is 10.2. The van der Waals surface area contributed by atoms with E-state index in [0.29, 0.717) is 13.0 Å². The fourth-order valence-corrected chi connectivity index (χ4v) is 1.71. The van der Waals surface area contributed by atoms with Crippen molar-refractivity contribution in [3.05, 3.63) is 36.7 Å². The van der Waals surface area contributed by atoms with Crippen LogP contribution >= 0.6 is 0 Å². The molecule has 0 radical (unpaired) electrons. The molecule has 0 aliphatic carbocycles. The molecule has 1 aromatic carbocycles. The van der Waals surface area contributed by atoms with Crippen molar-refractivity contribution in [2.24, 2.45) is 0 Å². The van der Waals surface area contributed by atoms with Crippen molar-refractivity contribution in [1.82, 2.24) is 20.3 Å². The normalized spacial score (nSPS) is 10.4. The summed E-state index contributed by atoms with van der Waals surface area (Å²) in [7, 11) is 0. The molecule has 0 atom stereocenters. The Morgan fingerprint density at radius 1 is 1.37 bits per heavy atom. The third-order valence-electron chi connectivity index (χ3n) is 2.63. The van der Waals surface area contributed by atoms with E-state index in [1.165, 1.54) is 0 Å². The fraction of sp³-hybridized carbons (Fsp3) is 0.308. The molecular weight excluding hydrogens is 242 g/mol. The number of para-hydroxylation sites is 2. The monoisotopic (exact) mass is 259 g/mol. The second-order valence-corrected chi connectivity index (χ2v) is 4.02. The highest BCUT2D eigenvalue weighted by atomic mass is 16.1. The molecule has 1 amide bonds. The molecule has 1 heterocycles. The van der Waals surface area contributed by atoms with Gasteiger partial charge in [-0.05, 0) is 18.7 Å². The van der Waals surface area contributed by atoms with Crippen LogP contribution < -0.4 is 10.6 Å². The van der Waals surface area contributed by atoms with Crippen molar-refractivity contribution in [3.63, 3.8) is 0 Å². The Labute approximate surface area is 111 Å². The molecule has 0 saturated heterocycles. The number of hydrogen-bond acceptors (Lipinski definition) is 4. The third-order valence-corrected chi connectivity index (χ3v) is 2.63. The molecule has 0 saturated carbocycles. The molecular formula is C13H17N5O. The fourth-order valence-electron chi connectivity index (χ4n) is 1.71. The molecule has 0 bridgehead atoms. The summed E-state index contributed by atoms with van der Waals surface area (Å²) in [5, 5.41) is 13.7. The van der Waals surface area contributed by atoms with Gasteiger partial charge in [0, 0.05) is 13.0 Å². The van der Waals surface area contributed by atoms with Crippen LogP contribution in [0.4, 0.5) is 5.69 Å². The molecule has 6 heteroatoms. The van der Waals surface area contributed by atoms with E-state index in [4.69, 9.17) is 0 Å². The van der Waals surface area contributed by atoms with Gasteiger partial charge in [-0.25, -0.2) is 4.68 Å². The summed E-state index contributed by atoms with van der Waals surface area (Å²) in [5.41, 5.74) is 1.53. The predicted octanol–water partition coefficient (Wildman–Crippen LogP) is 1.21. The highest BCUT2D eigenvalue weighted by Gasteiger charge is 2.08. The van der Waals surface area contributed by atoms with Gasteiger partial charge in [0.15, 0.2) is 0 Å². The molecule has 0 aliphatic heterocycles. The zero-order valence-electron chi connectivity index (χ0n) is 10.8. The Morgan fingerprint density at radius 2 is 2.21 bits per heavy atom. The number of nitrogens with one attached hydrogen (secondary N) is 2. The van der Waals surface area contributed by atoms with Gasteiger partial charge in [-0.2, -0.15) is 0 Å². The van der Waals surface area contributed by atoms with Crippen LogP contribution in [-0.2, 0) is 4.79 Å². The standard InChI is InChI=1S/C13H17N5O/c1-2-14-8-7-13(19)16-11-5-3-4-6-12(11)18-10-9-15-17-18/h3-6,9-10,14H,2,7-8H2,1H3,(H,16,19). The number of carbonyl (C=O) groups excluding carboxylic acids is 1. The summed E-state index contributed by atoms with van der Waals surface area (Å²) in [6.45, 7) is 3.55. The van der Waals surface area contributed by atoms with Gasteiger partial charge in [-0.3, -0.25) is 4.79 Å². The van der Waals surface area contributed by atoms with Gasteiger partial charge < -0.3 is 10.6 Å². The molecule has 0 spiro atoms. The Kier molecular flexibility index (Phi) is 4.63. The highest BCUT2D eigenvalue weighted by Crippen LogP contribution is 2.18.